The van der Waals surface area contributed by atoms with Crippen molar-refractivity contribution in [3.63, 3.8) is 0 Å². The summed E-state index contributed by atoms with van der Waals surface area (Å²) in [5.41, 5.74) is 23.7. The summed E-state index contributed by atoms with van der Waals surface area (Å²) in [6.45, 7) is 0. The third kappa shape index (κ3) is 12.5. The van der Waals surface area contributed by atoms with E-state index in [0.717, 1.165) is 34.1 Å². The van der Waals surface area contributed by atoms with E-state index >= 15 is 0 Å². The van der Waals surface area contributed by atoms with E-state index < -0.39 is 0 Å². The number of fused-ring (bicyclic) bond motifs is 4. The molecule has 0 saturated heterocycles. The molecule has 0 fully saturated rings. The Morgan fingerprint density at radius 2 is 0.260 bits per heavy atom. The molecule has 0 radical (unpaired) electrons. The van der Waals surface area contributed by atoms with Crippen molar-refractivity contribution in [1.82, 2.24) is 0 Å². The quantitative estimate of drug-likeness (QED) is 0.114. The van der Waals surface area contributed by atoms with Crippen molar-refractivity contribution in [1.29, 1.82) is 0 Å². The van der Waals surface area contributed by atoms with Crippen LogP contribution in [0.4, 0.5) is 34.1 Å². The van der Waals surface area contributed by atoms with Gasteiger partial charge in [0, 0.05) is 34.1 Å². The molecule has 2 nitrogen and oxygen atoms in total. The molecule has 17 aromatic rings. The Labute approximate surface area is 561 Å². The normalized spacial score (nSPS) is 11.1. The predicted octanol–water partition coefficient (Wildman–Crippen LogP) is 26.6. The summed E-state index contributed by atoms with van der Waals surface area (Å²) in [5.74, 6) is 0. The van der Waals surface area contributed by atoms with Gasteiger partial charge in [0.05, 0.1) is 0 Å². The number of para-hydroxylation sites is 1. The molecule has 0 spiro atoms. The molecule has 0 bridgehead atoms. The van der Waals surface area contributed by atoms with Gasteiger partial charge < -0.3 is 9.80 Å². The largest absolute Gasteiger partial charge is 0.311 e. The summed E-state index contributed by atoms with van der Waals surface area (Å²) in [6, 6.07) is 144. The molecule has 0 atom stereocenters. The molecule has 0 aliphatic heterocycles. The fraction of sp³-hybridized carbons (Fsp3) is 0. The second-order valence-corrected chi connectivity index (χ2v) is 24.5. The molecule has 17 rings (SSSR count). The summed E-state index contributed by atoms with van der Waals surface area (Å²) in [5, 5.41) is 10.1. The molecule has 17 aromatic carbocycles. The van der Waals surface area contributed by atoms with E-state index in [0.29, 0.717) is 0 Å². The van der Waals surface area contributed by atoms with Crippen molar-refractivity contribution in [2.75, 3.05) is 9.80 Å². The van der Waals surface area contributed by atoms with Gasteiger partial charge in [-0.1, -0.05) is 303 Å². The highest BCUT2D eigenvalue weighted by atomic mass is 15.1. The Kier molecular flexibility index (Phi) is 16.2. The predicted molar refractivity (Wildman–Crippen MR) is 410 cm³/mol. The monoisotopic (exact) mass is 1220 g/mol. The van der Waals surface area contributed by atoms with E-state index in [1.807, 2.05) is 0 Å². The molecule has 452 valence electrons. The topological polar surface area (TPSA) is 6.48 Å². The number of rotatable bonds is 13. The molecule has 0 N–H and O–H groups in total. The van der Waals surface area contributed by atoms with Gasteiger partial charge in [-0.05, 0) is 218 Å². The van der Waals surface area contributed by atoms with Crippen molar-refractivity contribution in [3.8, 4) is 77.9 Å². The fourth-order valence-electron chi connectivity index (χ4n) is 13.3. The summed E-state index contributed by atoms with van der Waals surface area (Å²) in [4.78, 5) is 4.66. The average molecular weight is 1220 g/mol. The minimum absolute atomic E-state index is 1.12. The zero-order valence-electron chi connectivity index (χ0n) is 53.0. The molecule has 96 heavy (non-hydrogen) atoms. The first kappa shape index (κ1) is 58.5. The van der Waals surface area contributed by atoms with Gasteiger partial charge in [0.1, 0.15) is 0 Å². The number of nitrogens with zero attached hydrogens (tertiary/aromatic N) is 2. The maximum Gasteiger partial charge on any atom is 0.0462 e. The Hall–Kier alpha value is -12.6. The smallest absolute Gasteiger partial charge is 0.0462 e. The second kappa shape index (κ2) is 26.5. The van der Waals surface area contributed by atoms with Crippen molar-refractivity contribution in [2.45, 2.75) is 0 Å². The van der Waals surface area contributed by atoms with Crippen molar-refractivity contribution in [3.05, 3.63) is 400 Å². The van der Waals surface area contributed by atoms with Crippen LogP contribution in [0.1, 0.15) is 0 Å². The van der Waals surface area contributed by atoms with E-state index in [-0.39, 0.29) is 0 Å². The number of benzene rings is 17. The van der Waals surface area contributed by atoms with Gasteiger partial charge in [-0.15, -0.1) is 0 Å². The van der Waals surface area contributed by atoms with Crippen LogP contribution in [0.5, 0.6) is 0 Å². The summed E-state index contributed by atoms with van der Waals surface area (Å²) in [6.07, 6.45) is 0. The minimum atomic E-state index is 1.12. The van der Waals surface area contributed by atoms with Crippen LogP contribution < -0.4 is 9.80 Å². The lowest BCUT2D eigenvalue weighted by molar-refractivity contribution is 1.28. The average Bonchev–Trinajstić information content (AvgIpc) is 0.980. The highest BCUT2D eigenvalue weighted by Gasteiger charge is 2.17. The molecular formula is C94H66N2. The third-order valence-corrected chi connectivity index (χ3v) is 18.5. The lowest BCUT2D eigenvalue weighted by Gasteiger charge is -2.26. The Morgan fingerprint density at radius 1 is 0.104 bits per heavy atom. The van der Waals surface area contributed by atoms with Gasteiger partial charge in [-0.2, -0.15) is 0 Å². The standard InChI is InChI=1S/C50H35N.C44H31N/c1-2-12-48(13-3-1)51(49-30-26-40(27-31-49)38-14-18-42(19-15-38)46-24-22-36-8-4-6-10-44(36)34-46)50-32-28-41(29-33-50)39-16-20-43(21-17-39)47-25-23-37-9-5-7-11-45(37)35-47;1-2-8-32(9-3-1)35-18-24-42(25-19-35)45(43-26-20-36(21-27-43)40-16-14-33-10-4-6-12-38(33)30-40)44-28-22-37(23-29-44)41-17-15-34-11-5-7-13-39(34)31-41/h1-35H;1-31H. The van der Waals surface area contributed by atoms with E-state index in [4.69, 9.17) is 0 Å². The van der Waals surface area contributed by atoms with E-state index in [9.17, 15) is 0 Å². The van der Waals surface area contributed by atoms with Crippen LogP contribution in [0.2, 0.25) is 0 Å². The third-order valence-electron chi connectivity index (χ3n) is 18.5. The van der Waals surface area contributed by atoms with Crippen LogP contribution in [0.3, 0.4) is 0 Å². The van der Waals surface area contributed by atoms with Crippen molar-refractivity contribution >= 4 is 77.2 Å². The fourth-order valence-corrected chi connectivity index (χ4v) is 13.3. The minimum Gasteiger partial charge on any atom is -0.311 e. The second-order valence-electron chi connectivity index (χ2n) is 24.5. The highest BCUT2D eigenvalue weighted by Crippen LogP contribution is 2.41. The number of hydrogen-bond acceptors (Lipinski definition) is 2. The molecule has 0 amide bonds. The highest BCUT2D eigenvalue weighted by molar-refractivity contribution is 5.92. The van der Waals surface area contributed by atoms with Crippen LogP contribution in [0.15, 0.2) is 400 Å². The molecule has 2 heteroatoms. The Morgan fingerprint density at radius 3 is 0.500 bits per heavy atom. The van der Waals surface area contributed by atoms with E-state index in [2.05, 4.69) is 410 Å². The van der Waals surface area contributed by atoms with Gasteiger partial charge in [0.25, 0.3) is 0 Å². The summed E-state index contributed by atoms with van der Waals surface area (Å²) < 4.78 is 0. The molecule has 0 saturated carbocycles. The van der Waals surface area contributed by atoms with Gasteiger partial charge in [0.2, 0.25) is 0 Å². The first-order chi connectivity index (χ1) is 47.5. The Balaban J connectivity index is 0.000000152. The zero-order chi connectivity index (χ0) is 64.0. The van der Waals surface area contributed by atoms with E-state index in [1.54, 1.807) is 0 Å². The maximum absolute atomic E-state index is 2.34. The molecule has 0 aromatic heterocycles. The lowest BCUT2D eigenvalue weighted by Crippen LogP contribution is -2.09. The van der Waals surface area contributed by atoms with Crippen LogP contribution in [0, 0.1) is 0 Å². The molecule has 0 heterocycles. The van der Waals surface area contributed by atoms with Crippen LogP contribution in [0.25, 0.3) is 121 Å². The van der Waals surface area contributed by atoms with Crippen LogP contribution >= 0.6 is 0 Å². The number of anilines is 6. The first-order valence-corrected chi connectivity index (χ1v) is 32.9. The zero-order valence-corrected chi connectivity index (χ0v) is 53.0. The number of hydrogen-bond donors (Lipinski definition) is 0. The SMILES string of the molecule is c1ccc(-c2ccc(N(c3ccc(-c4ccc5ccccc5c4)cc3)c3ccc(-c4ccc5ccccc5c4)cc3)cc2)cc1.c1ccc(N(c2ccc(-c3ccc(-c4ccc5ccccc5c4)cc3)cc2)c2ccc(-c3ccc(-c4ccc5ccccc5c4)cc3)cc2)cc1. The van der Waals surface area contributed by atoms with Crippen LogP contribution in [-0.4, -0.2) is 0 Å². The first-order valence-electron chi connectivity index (χ1n) is 32.9. The van der Waals surface area contributed by atoms with Crippen LogP contribution in [-0.2, 0) is 0 Å². The summed E-state index contributed by atoms with van der Waals surface area (Å²) >= 11 is 0. The van der Waals surface area contributed by atoms with E-state index in [1.165, 1.54) is 121 Å². The molecular weight excluding hydrogens is 1160 g/mol. The summed E-state index contributed by atoms with van der Waals surface area (Å²) in [7, 11) is 0. The van der Waals surface area contributed by atoms with Crippen molar-refractivity contribution < 1.29 is 0 Å². The molecule has 0 aliphatic rings. The van der Waals surface area contributed by atoms with Gasteiger partial charge in [-0.25, -0.2) is 0 Å². The Bertz CT molecular complexity index is 5220. The maximum atomic E-state index is 2.34. The van der Waals surface area contributed by atoms with Gasteiger partial charge in [0.15, 0.2) is 0 Å². The lowest BCUT2D eigenvalue weighted by atomic mass is 9.98. The molecule has 0 unspecified atom stereocenters. The van der Waals surface area contributed by atoms with Crippen molar-refractivity contribution in [2.24, 2.45) is 0 Å². The molecule has 0 aliphatic carbocycles. The van der Waals surface area contributed by atoms with Gasteiger partial charge >= 0.3 is 0 Å². The van der Waals surface area contributed by atoms with Gasteiger partial charge in [-0.3, -0.25) is 0 Å².